The molecule has 5 N–H and O–H groups in total. The van der Waals surface area contributed by atoms with Gasteiger partial charge in [-0.15, -0.1) is 0 Å². The standard InChI is InChI=1S/C47H92N4O6S2/c1-48-38-32-28-24-20-16-12-8-4-6-10-14-18-22-26-30-34-44(52)49-42(46(54)55)36-40-58-59-41-37-43(47(56)57)50-45(53)35-31-27-23-19-15-11-7-5-9-13-17-21-25-29-33-39-51(2)3/h42-43,48H,4-41H2,1-3H3,(H,49,52)(H,50,53)(H,54,55)(H,56,57). The van der Waals surface area contributed by atoms with Gasteiger partial charge in [-0.3, -0.25) is 9.59 Å². The molecule has 0 aliphatic rings. The van der Waals surface area contributed by atoms with Crippen molar-refractivity contribution in [2.45, 2.75) is 230 Å². The summed E-state index contributed by atoms with van der Waals surface area (Å²) in [4.78, 5) is 50.6. The summed E-state index contributed by atoms with van der Waals surface area (Å²) in [5, 5.41) is 27.8. The average Bonchev–Trinajstić information content (AvgIpc) is 3.20. The van der Waals surface area contributed by atoms with E-state index in [9.17, 15) is 29.4 Å². The fourth-order valence-corrected chi connectivity index (χ4v) is 9.58. The second-order valence-electron chi connectivity index (χ2n) is 17.2. The molecule has 0 aromatic heterocycles. The van der Waals surface area contributed by atoms with Crippen LogP contribution >= 0.6 is 21.6 Å². The zero-order chi connectivity index (χ0) is 43.4. The van der Waals surface area contributed by atoms with E-state index in [1.807, 2.05) is 7.05 Å². The Kier molecular flexibility index (Phi) is 43.4. The van der Waals surface area contributed by atoms with Crippen LogP contribution < -0.4 is 16.0 Å². The van der Waals surface area contributed by atoms with E-state index >= 15 is 0 Å². The van der Waals surface area contributed by atoms with Gasteiger partial charge in [0.1, 0.15) is 12.1 Å². The van der Waals surface area contributed by atoms with Crippen molar-refractivity contribution in [1.82, 2.24) is 20.9 Å². The molecule has 59 heavy (non-hydrogen) atoms. The molecular formula is C47H92N4O6S2. The predicted molar refractivity (Wildman–Crippen MR) is 254 cm³/mol. The molecule has 0 bridgehead atoms. The third-order valence-electron chi connectivity index (χ3n) is 11.2. The number of carbonyl (C=O) groups is 4. The quantitative estimate of drug-likeness (QED) is 0.0296. The van der Waals surface area contributed by atoms with Gasteiger partial charge in [0.25, 0.3) is 0 Å². The highest BCUT2D eigenvalue weighted by molar-refractivity contribution is 8.76. The topological polar surface area (TPSA) is 148 Å². The molecule has 0 aromatic carbocycles. The second kappa shape index (κ2) is 44.6. The summed E-state index contributed by atoms with van der Waals surface area (Å²) in [7, 11) is 9.24. The molecule has 0 aliphatic heterocycles. The van der Waals surface area contributed by atoms with Gasteiger partial charge in [-0.05, 0) is 72.8 Å². The van der Waals surface area contributed by atoms with Crippen molar-refractivity contribution in [3.63, 3.8) is 0 Å². The Balaban J connectivity index is 3.78. The molecule has 0 fully saturated rings. The lowest BCUT2D eigenvalue weighted by Gasteiger charge is -2.15. The first-order chi connectivity index (χ1) is 28.7. The monoisotopic (exact) mass is 873 g/mol. The Morgan fingerprint density at radius 1 is 0.441 bits per heavy atom. The number of carbonyl (C=O) groups excluding carboxylic acids is 2. The third kappa shape index (κ3) is 43.0. The van der Waals surface area contributed by atoms with E-state index in [0.29, 0.717) is 37.2 Å². The molecule has 348 valence electrons. The molecule has 10 nitrogen and oxygen atoms in total. The average molecular weight is 873 g/mol. The van der Waals surface area contributed by atoms with Crippen LogP contribution in [0.2, 0.25) is 0 Å². The highest BCUT2D eigenvalue weighted by atomic mass is 33.1. The third-order valence-corrected chi connectivity index (χ3v) is 13.6. The fraction of sp³-hybridized carbons (Fsp3) is 0.915. The van der Waals surface area contributed by atoms with Crippen molar-refractivity contribution in [1.29, 1.82) is 0 Å². The number of nitrogens with zero attached hydrogens (tertiary/aromatic N) is 1. The molecule has 2 amide bonds. The molecule has 0 radical (unpaired) electrons. The number of hydrogen-bond donors (Lipinski definition) is 5. The molecule has 12 heteroatoms. The van der Waals surface area contributed by atoms with Crippen LogP contribution in [0.1, 0.15) is 218 Å². The Hall–Kier alpha value is -1.50. The van der Waals surface area contributed by atoms with Crippen molar-refractivity contribution in [2.75, 3.05) is 45.7 Å². The SMILES string of the molecule is CNCCCCCCCCCCCCCCCCCC(=O)NC(CCSSCCC(NC(=O)CCCCCCCCCCCCCCCCCN(C)C)C(=O)O)C(=O)O. The molecule has 0 saturated heterocycles. The van der Waals surface area contributed by atoms with Gasteiger partial charge >= 0.3 is 11.9 Å². The number of amides is 2. The highest BCUT2D eigenvalue weighted by Crippen LogP contribution is 2.24. The minimum Gasteiger partial charge on any atom is -0.480 e. The van der Waals surface area contributed by atoms with Crippen LogP contribution in [0.15, 0.2) is 0 Å². The van der Waals surface area contributed by atoms with Crippen molar-refractivity contribution < 1.29 is 29.4 Å². The second-order valence-corrected chi connectivity index (χ2v) is 19.9. The maximum absolute atomic E-state index is 12.4. The summed E-state index contributed by atoms with van der Waals surface area (Å²) in [6.45, 7) is 2.34. The zero-order valence-electron chi connectivity index (χ0n) is 38.3. The lowest BCUT2D eigenvalue weighted by atomic mass is 10.0. The summed E-state index contributed by atoms with van der Waals surface area (Å²) >= 11 is 0. The summed E-state index contributed by atoms with van der Waals surface area (Å²) in [5.41, 5.74) is 0. The van der Waals surface area contributed by atoms with Gasteiger partial charge in [0.05, 0.1) is 0 Å². The van der Waals surface area contributed by atoms with E-state index < -0.39 is 24.0 Å². The Morgan fingerprint density at radius 3 is 0.983 bits per heavy atom. The maximum Gasteiger partial charge on any atom is 0.326 e. The van der Waals surface area contributed by atoms with Crippen LogP contribution in [-0.2, 0) is 19.2 Å². The fourth-order valence-electron chi connectivity index (χ4n) is 7.39. The molecule has 0 saturated carbocycles. The Morgan fingerprint density at radius 2 is 0.712 bits per heavy atom. The minimum absolute atomic E-state index is 0.211. The van der Waals surface area contributed by atoms with Gasteiger partial charge in [-0.25, -0.2) is 9.59 Å². The van der Waals surface area contributed by atoms with Crippen LogP contribution in [0.4, 0.5) is 0 Å². The van der Waals surface area contributed by atoms with E-state index in [-0.39, 0.29) is 11.8 Å². The van der Waals surface area contributed by atoms with Crippen molar-refractivity contribution >= 4 is 45.3 Å². The number of unbranched alkanes of at least 4 members (excludes halogenated alkanes) is 28. The van der Waals surface area contributed by atoms with Crippen LogP contribution in [-0.4, -0.2) is 96.7 Å². The largest absolute Gasteiger partial charge is 0.480 e. The number of hydrogen-bond acceptors (Lipinski definition) is 8. The van der Waals surface area contributed by atoms with Gasteiger partial charge in [0, 0.05) is 24.3 Å². The minimum atomic E-state index is -1.04. The van der Waals surface area contributed by atoms with E-state index in [4.69, 9.17) is 0 Å². The highest BCUT2D eigenvalue weighted by Gasteiger charge is 2.21. The van der Waals surface area contributed by atoms with E-state index in [2.05, 4.69) is 34.9 Å². The number of aliphatic carboxylic acids is 2. The molecular weight excluding hydrogens is 781 g/mol. The summed E-state index contributed by atoms with van der Waals surface area (Å²) in [6, 6.07) is -1.86. The predicted octanol–water partition coefficient (Wildman–Crippen LogP) is 11.6. The van der Waals surface area contributed by atoms with Gasteiger partial charge in [0.15, 0.2) is 0 Å². The number of carboxylic acids is 2. The van der Waals surface area contributed by atoms with Gasteiger partial charge < -0.3 is 31.1 Å². The summed E-state index contributed by atoms with van der Waals surface area (Å²) in [6.07, 6.45) is 38.8. The van der Waals surface area contributed by atoms with Crippen molar-refractivity contribution in [2.24, 2.45) is 0 Å². The van der Waals surface area contributed by atoms with Crippen LogP contribution in [0.25, 0.3) is 0 Å². The molecule has 0 aliphatic carbocycles. The van der Waals surface area contributed by atoms with E-state index in [1.54, 1.807) is 0 Å². The van der Waals surface area contributed by atoms with E-state index in [0.717, 1.165) is 45.1 Å². The van der Waals surface area contributed by atoms with E-state index in [1.165, 1.54) is 182 Å². The molecule has 2 atom stereocenters. The Bertz CT molecular complexity index is 992. The molecule has 0 rings (SSSR count). The number of nitrogens with one attached hydrogen (secondary N) is 3. The van der Waals surface area contributed by atoms with Crippen LogP contribution in [0.5, 0.6) is 0 Å². The normalized spacial score (nSPS) is 12.5. The first-order valence-electron chi connectivity index (χ1n) is 24.3. The smallest absolute Gasteiger partial charge is 0.326 e. The molecule has 0 heterocycles. The zero-order valence-corrected chi connectivity index (χ0v) is 39.9. The van der Waals surface area contributed by atoms with Crippen LogP contribution in [0, 0.1) is 0 Å². The first-order valence-corrected chi connectivity index (χ1v) is 26.7. The van der Waals surface area contributed by atoms with Gasteiger partial charge in [-0.2, -0.15) is 0 Å². The number of carboxylic acid groups (broad SMARTS) is 2. The van der Waals surface area contributed by atoms with Crippen LogP contribution in [0.3, 0.4) is 0 Å². The molecule has 2 unspecified atom stereocenters. The number of rotatable bonds is 47. The lowest BCUT2D eigenvalue weighted by molar-refractivity contribution is -0.142. The first kappa shape index (κ1) is 57.5. The van der Waals surface area contributed by atoms with Gasteiger partial charge in [-0.1, -0.05) is 189 Å². The Labute approximate surface area is 370 Å². The summed E-state index contributed by atoms with van der Waals surface area (Å²) < 4.78 is 0. The molecule has 0 aromatic rings. The summed E-state index contributed by atoms with van der Waals surface area (Å²) in [5.74, 6) is -1.46. The molecule has 0 spiro atoms. The van der Waals surface area contributed by atoms with Crippen molar-refractivity contribution in [3.05, 3.63) is 0 Å². The van der Waals surface area contributed by atoms with Gasteiger partial charge in [0.2, 0.25) is 11.8 Å². The lowest BCUT2D eigenvalue weighted by Crippen LogP contribution is -2.41. The maximum atomic E-state index is 12.4. The van der Waals surface area contributed by atoms with Crippen molar-refractivity contribution in [3.8, 4) is 0 Å².